The number of carbonyl (C=O) groups is 1. The predicted octanol–water partition coefficient (Wildman–Crippen LogP) is 2.04. The van der Waals surface area contributed by atoms with Crippen LogP contribution in [0.2, 0.25) is 0 Å². The van der Waals surface area contributed by atoms with Gasteiger partial charge in [0.1, 0.15) is 5.82 Å². The van der Waals surface area contributed by atoms with Crippen molar-refractivity contribution in [3.63, 3.8) is 0 Å². The maximum atomic E-state index is 11.1. The van der Waals surface area contributed by atoms with Gasteiger partial charge in [0.05, 0.1) is 12.1 Å². The number of hydrogen-bond donors (Lipinski definition) is 2. The number of rotatable bonds is 4. The van der Waals surface area contributed by atoms with Crippen LogP contribution in [-0.4, -0.2) is 20.6 Å². The smallest absolute Gasteiger partial charge is 0.337 e. The van der Waals surface area contributed by atoms with E-state index in [-0.39, 0.29) is 5.56 Å². The molecule has 1 heterocycles. The van der Waals surface area contributed by atoms with Gasteiger partial charge in [-0.05, 0) is 24.6 Å². The van der Waals surface area contributed by atoms with E-state index in [1.54, 1.807) is 18.3 Å². The van der Waals surface area contributed by atoms with Crippen molar-refractivity contribution in [2.75, 3.05) is 5.32 Å². The minimum atomic E-state index is -0.933. The molecule has 0 atom stereocenters. The highest BCUT2D eigenvalue weighted by molar-refractivity contribution is 5.94. The molecule has 0 aliphatic rings. The fourth-order valence-electron chi connectivity index (χ4n) is 1.73. The average molecular weight is 245 g/mol. The summed E-state index contributed by atoms with van der Waals surface area (Å²) < 4.78 is 1.89. The maximum absolute atomic E-state index is 11.1. The molecule has 0 saturated carbocycles. The van der Waals surface area contributed by atoms with Crippen LogP contribution in [0, 0.1) is 6.92 Å². The highest BCUT2D eigenvalue weighted by Gasteiger charge is 2.10. The molecule has 0 unspecified atom stereocenters. The van der Waals surface area contributed by atoms with Gasteiger partial charge >= 0.3 is 5.97 Å². The topological polar surface area (TPSA) is 67.2 Å². The van der Waals surface area contributed by atoms with Crippen molar-refractivity contribution < 1.29 is 9.90 Å². The summed E-state index contributed by atoms with van der Waals surface area (Å²) in [7, 11) is 1.90. The summed E-state index contributed by atoms with van der Waals surface area (Å²) in [6.07, 6.45) is 3.57. The first-order valence-electron chi connectivity index (χ1n) is 5.62. The van der Waals surface area contributed by atoms with E-state index in [0.717, 1.165) is 11.4 Å². The van der Waals surface area contributed by atoms with E-state index in [0.29, 0.717) is 12.2 Å². The lowest BCUT2D eigenvalue weighted by Gasteiger charge is -2.10. The molecule has 0 aliphatic carbocycles. The summed E-state index contributed by atoms with van der Waals surface area (Å²) in [5.74, 6) is -0.0785. The highest BCUT2D eigenvalue weighted by atomic mass is 16.4. The van der Waals surface area contributed by atoms with Crippen molar-refractivity contribution in [1.82, 2.24) is 9.55 Å². The highest BCUT2D eigenvalue weighted by Crippen LogP contribution is 2.18. The molecule has 0 saturated heterocycles. The fraction of sp³-hybridized carbons (Fsp3) is 0.231. The second-order valence-electron chi connectivity index (χ2n) is 4.16. The molecule has 2 aromatic rings. The largest absolute Gasteiger partial charge is 0.478 e. The van der Waals surface area contributed by atoms with Gasteiger partial charge in [0.2, 0.25) is 0 Å². The number of nitrogens with zero attached hydrogens (tertiary/aromatic N) is 2. The van der Waals surface area contributed by atoms with Gasteiger partial charge in [0.25, 0.3) is 0 Å². The maximum Gasteiger partial charge on any atom is 0.337 e. The molecule has 94 valence electrons. The molecule has 1 aromatic heterocycles. The molecule has 1 aromatic carbocycles. The molecule has 5 heteroatoms. The zero-order chi connectivity index (χ0) is 13.1. The number of imidazole rings is 1. The van der Waals surface area contributed by atoms with E-state index in [4.69, 9.17) is 5.11 Å². The minimum Gasteiger partial charge on any atom is -0.478 e. The number of carboxylic acids is 1. The second-order valence-corrected chi connectivity index (χ2v) is 4.16. The van der Waals surface area contributed by atoms with Gasteiger partial charge in [0, 0.05) is 25.1 Å². The van der Waals surface area contributed by atoms with Crippen LogP contribution in [0.3, 0.4) is 0 Å². The van der Waals surface area contributed by atoms with Crippen LogP contribution in [0.1, 0.15) is 21.7 Å². The third-order valence-electron chi connectivity index (χ3n) is 2.76. The standard InChI is InChI=1S/C13H15N3O2/c1-9-3-4-10(13(17)18)11(7-9)15-8-12-14-5-6-16(12)2/h3-7,15H,8H2,1-2H3,(H,17,18). The summed E-state index contributed by atoms with van der Waals surface area (Å²) in [5.41, 5.74) is 1.91. The van der Waals surface area contributed by atoms with E-state index < -0.39 is 5.97 Å². The van der Waals surface area contributed by atoms with E-state index in [1.807, 2.05) is 30.8 Å². The minimum absolute atomic E-state index is 0.273. The van der Waals surface area contributed by atoms with E-state index in [2.05, 4.69) is 10.3 Å². The first-order valence-corrected chi connectivity index (χ1v) is 5.62. The van der Waals surface area contributed by atoms with Gasteiger partial charge in [0.15, 0.2) is 0 Å². The number of nitrogens with one attached hydrogen (secondary N) is 1. The van der Waals surface area contributed by atoms with E-state index >= 15 is 0 Å². The third-order valence-corrected chi connectivity index (χ3v) is 2.76. The average Bonchev–Trinajstić information content (AvgIpc) is 2.72. The zero-order valence-electron chi connectivity index (χ0n) is 10.3. The molecule has 2 N–H and O–H groups in total. The summed E-state index contributed by atoms with van der Waals surface area (Å²) >= 11 is 0. The quantitative estimate of drug-likeness (QED) is 0.865. The van der Waals surface area contributed by atoms with E-state index in [9.17, 15) is 4.79 Å². The Morgan fingerprint density at radius 1 is 1.50 bits per heavy atom. The zero-order valence-corrected chi connectivity index (χ0v) is 10.3. The van der Waals surface area contributed by atoms with Gasteiger partial charge in [-0.1, -0.05) is 6.07 Å². The number of carboxylic acid groups (broad SMARTS) is 1. The van der Waals surface area contributed by atoms with Crippen LogP contribution in [0.4, 0.5) is 5.69 Å². The fourth-order valence-corrected chi connectivity index (χ4v) is 1.73. The third kappa shape index (κ3) is 2.51. The Labute approximate surface area is 105 Å². The first kappa shape index (κ1) is 12.2. The number of benzene rings is 1. The van der Waals surface area contributed by atoms with Gasteiger partial charge in [-0.15, -0.1) is 0 Å². The summed E-state index contributed by atoms with van der Waals surface area (Å²) in [5, 5.41) is 12.2. The van der Waals surface area contributed by atoms with E-state index in [1.165, 1.54) is 0 Å². The normalized spacial score (nSPS) is 10.3. The van der Waals surface area contributed by atoms with Crippen LogP contribution < -0.4 is 5.32 Å². The Morgan fingerprint density at radius 2 is 2.28 bits per heavy atom. The molecule has 0 amide bonds. The molecule has 0 bridgehead atoms. The van der Waals surface area contributed by atoms with Crippen molar-refractivity contribution in [1.29, 1.82) is 0 Å². The molecule has 5 nitrogen and oxygen atoms in total. The van der Waals surface area contributed by atoms with Crippen LogP contribution in [-0.2, 0) is 13.6 Å². The van der Waals surface area contributed by atoms with Crippen molar-refractivity contribution in [2.24, 2.45) is 7.05 Å². The van der Waals surface area contributed by atoms with Crippen LogP contribution in [0.25, 0.3) is 0 Å². The number of aromatic carboxylic acids is 1. The van der Waals surface area contributed by atoms with Crippen LogP contribution >= 0.6 is 0 Å². The van der Waals surface area contributed by atoms with Gasteiger partial charge in [-0.25, -0.2) is 9.78 Å². The first-order chi connectivity index (χ1) is 8.58. The Bertz CT molecular complexity index is 575. The monoisotopic (exact) mass is 245 g/mol. The SMILES string of the molecule is Cc1ccc(C(=O)O)c(NCc2nccn2C)c1. The molecule has 0 spiro atoms. The Balaban J connectivity index is 2.20. The van der Waals surface area contributed by atoms with Gasteiger partial charge < -0.3 is 15.0 Å². The molecule has 0 aliphatic heterocycles. The summed E-state index contributed by atoms with van der Waals surface area (Å²) in [6, 6.07) is 5.22. The molecular formula is C13H15N3O2. The number of aromatic nitrogens is 2. The van der Waals surface area contributed by atoms with Crippen LogP contribution in [0.15, 0.2) is 30.6 Å². The summed E-state index contributed by atoms with van der Waals surface area (Å²) in [4.78, 5) is 15.3. The van der Waals surface area contributed by atoms with Crippen molar-refractivity contribution in [3.05, 3.63) is 47.5 Å². The lowest BCUT2D eigenvalue weighted by molar-refractivity contribution is 0.0698. The Morgan fingerprint density at radius 3 is 2.89 bits per heavy atom. The molecule has 0 radical (unpaired) electrons. The van der Waals surface area contributed by atoms with Gasteiger partial charge in [-0.3, -0.25) is 0 Å². The number of hydrogen-bond acceptors (Lipinski definition) is 3. The predicted molar refractivity (Wildman–Crippen MR) is 68.7 cm³/mol. The molecule has 0 fully saturated rings. The lowest BCUT2D eigenvalue weighted by Crippen LogP contribution is -2.09. The van der Waals surface area contributed by atoms with Crippen LogP contribution in [0.5, 0.6) is 0 Å². The van der Waals surface area contributed by atoms with Crippen molar-refractivity contribution in [2.45, 2.75) is 13.5 Å². The number of aryl methyl sites for hydroxylation is 2. The lowest BCUT2D eigenvalue weighted by atomic mass is 10.1. The molecule has 2 rings (SSSR count). The molecular weight excluding hydrogens is 230 g/mol. The van der Waals surface area contributed by atoms with Crippen molar-refractivity contribution >= 4 is 11.7 Å². The van der Waals surface area contributed by atoms with Gasteiger partial charge in [-0.2, -0.15) is 0 Å². The molecule has 18 heavy (non-hydrogen) atoms. The Kier molecular flexibility index (Phi) is 3.32. The Hall–Kier alpha value is -2.30. The van der Waals surface area contributed by atoms with Crippen molar-refractivity contribution in [3.8, 4) is 0 Å². The second kappa shape index (κ2) is 4.91. The summed E-state index contributed by atoms with van der Waals surface area (Å²) in [6.45, 7) is 2.42. The number of anilines is 1.